The van der Waals surface area contributed by atoms with Gasteiger partial charge in [-0.1, -0.05) is 63.8 Å². The Morgan fingerprint density at radius 3 is 1.39 bits per heavy atom. The Morgan fingerprint density at radius 1 is 0.632 bits per heavy atom. The van der Waals surface area contributed by atoms with Gasteiger partial charge in [0.05, 0.1) is 14.2 Å². The van der Waals surface area contributed by atoms with Crippen LogP contribution in [0.5, 0.6) is 11.5 Å². The summed E-state index contributed by atoms with van der Waals surface area (Å²) in [6, 6.07) is 23.0. The molecule has 0 aliphatic carbocycles. The van der Waals surface area contributed by atoms with Crippen molar-refractivity contribution in [3.8, 4) is 45.1 Å². The molecular formula is C33H39BN2O2. The molecule has 0 atom stereocenters. The number of hydrogen-bond acceptors (Lipinski definition) is 4. The van der Waals surface area contributed by atoms with Crippen LogP contribution in [-0.2, 0) is 5.31 Å². The first-order chi connectivity index (χ1) is 18.3. The van der Waals surface area contributed by atoms with E-state index in [1.54, 1.807) is 14.2 Å². The molecule has 0 spiro atoms. The summed E-state index contributed by atoms with van der Waals surface area (Å²) in [5.41, 5.74) is 8.94. The average Bonchev–Trinajstić information content (AvgIpc) is 2.92. The highest BCUT2D eigenvalue weighted by molar-refractivity contribution is 6.16. The van der Waals surface area contributed by atoms with Gasteiger partial charge in [0.15, 0.2) is 5.82 Å². The Kier molecular flexibility index (Phi) is 8.56. The maximum atomic E-state index is 5.38. The van der Waals surface area contributed by atoms with Crippen molar-refractivity contribution in [1.29, 1.82) is 0 Å². The molecule has 0 bridgehead atoms. The molecular weight excluding hydrogens is 467 g/mol. The summed E-state index contributed by atoms with van der Waals surface area (Å²) in [7, 11) is 5.76. The molecule has 5 heteroatoms. The zero-order valence-electron chi connectivity index (χ0n) is 23.9. The van der Waals surface area contributed by atoms with Gasteiger partial charge >= 0.3 is 0 Å². The average molecular weight is 506 g/mol. The predicted octanol–water partition coefficient (Wildman–Crippen LogP) is 7.54. The molecule has 1 aromatic heterocycles. The molecule has 0 radical (unpaired) electrons. The Morgan fingerprint density at radius 2 is 1.03 bits per heavy atom. The Labute approximate surface area is 228 Å². The van der Waals surface area contributed by atoms with E-state index in [0.29, 0.717) is 0 Å². The molecule has 4 nitrogen and oxygen atoms in total. The van der Waals surface area contributed by atoms with Crippen molar-refractivity contribution in [1.82, 2.24) is 9.97 Å². The summed E-state index contributed by atoms with van der Waals surface area (Å²) in [5, 5.41) is 0.0927. The topological polar surface area (TPSA) is 44.2 Å². The Balaban J connectivity index is 1.87. The van der Waals surface area contributed by atoms with E-state index in [9.17, 15) is 0 Å². The highest BCUT2D eigenvalue weighted by Crippen LogP contribution is 2.37. The summed E-state index contributed by atoms with van der Waals surface area (Å²) in [5.74, 6) is 2.45. The Hall–Kier alpha value is -3.60. The van der Waals surface area contributed by atoms with Gasteiger partial charge in [0.25, 0.3) is 0 Å². The molecule has 0 fully saturated rings. The first-order valence-corrected chi connectivity index (χ1v) is 13.6. The summed E-state index contributed by atoms with van der Waals surface area (Å²) in [4.78, 5) is 10.2. The summed E-state index contributed by atoms with van der Waals surface area (Å²) in [6.07, 6.45) is 4.57. The number of methoxy groups -OCH3 is 2. The molecule has 0 aliphatic rings. The van der Waals surface area contributed by atoms with Crippen LogP contribution in [-0.4, -0.2) is 32.0 Å². The van der Waals surface area contributed by atoms with E-state index in [0.717, 1.165) is 82.2 Å². The minimum absolute atomic E-state index is 0.0927. The Bertz CT molecular complexity index is 1290. The van der Waals surface area contributed by atoms with Crippen molar-refractivity contribution in [2.45, 2.75) is 58.7 Å². The lowest BCUT2D eigenvalue weighted by Gasteiger charge is -2.32. The van der Waals surface area contributed by atoms with Crippen molar-refractivity contribution in [3.05, 3.63) is 83.7 Å². The van der Waals surface area contributed by atoms with Crippen molar-refractivity contribution < 1.29 is 9.47 Å². The van der Waals surface area contributed by atoms with E-state index in [1.165, 1.54) is 5.56 Å². The predicted molar refractivity (Wildman–Crippen MR) is 161 cm³/mol. The second-order valence-corrected chi connectivity index (χ2v) is 10.4. The summed E-state index contributed by atoms with van der Waals surface area (Å²) >= 11 is 0. The largest absolute Gasteiger partial charge is 0.497 e. The lowest BCUT2D eigenvalue weighted by Crippen LogP contribution is -2.29. The molecule has 0 unspecified atom stereocenters. The first-order valence-electron chi connectivity index (χ1n) is 13.6. The lowest BCUT2D eigenvalue weighted by atomic mass is 9.58. The highest BCUT2D eigenvalue weighted by atomic mass is 16.5. The molecule has 196 valence electrons. The monoisotopic (exact) mass is 506 g/mol. The van der Waals surface area contributed by atoms with Crippen LogP contribution in [0.3, 0.4) is 0 Å². The van der Waals surface area contributed by atoms with E-state index in [2.05, 4.69) is 78.0 Å². The van der Waals surface area contributed by atoms with E-state index < -0.39 is 0 Å². The molecule has 38 heavy (non-hydrogen) atoms. The number of rotatable bonds is 10. The van der Waals surface area contributed by atoms with Crippen LogP contribution in [0.1, 0.15) is 56.5 Å². The molecule has 4 aromatic rings. The fourth-order valence-electron chi connectivity index (χ4n) is 5.85. The molecule has 0 N–H and O–H groups in total. The van der Waals surface area contributed by atoms with Crippen LogP contribution >= 0.6 is 0 Å². The maximum Gasteiger partial charge on any atom is 0.159 e. The third-order valence-electron chi connectivity index (χ3n) is 7.52. The van der Waals surface area contributed by atoms with E-state index in [4.69, 9.17) is 19.4 Å². The van der Waals surface area contributed by atoms with Gasteiger partial charge in [0.1, 0.15) is 19.3 Å². The van der Waals surface area contributed by atoms with Crippen molar-refractivity contribution >= 4 is 7.85 Å². The van der Waals surface area contributed by atoms with Crippen LogP contribution in [0.25, 0.3) is 33.6 Å². The van der Waals surface area contributed by atoms with E-state index in [1.807, 2.05) is 24.3 Å². The van der Waals surface area contributed by atoms with Crippen LogP contribution < -0.4 is 9.47 Å². The molecule has 4 rings (SSSR count). The summed E-state index contributed by atoms with van der Waals surface area (Å²) < 4.78 is 10.8. The minimum Gasteiger partial charge on any atom is -0.497 e. The third-order valence-corrected chi connectivity index (χ3v) is 7.52. The molecule has 0 saturated heterocycles. The number of nitrogens with zero attached hydrogens (tertiary/aromatic N) is 2. The minimum atomic E-state index is 0.0927. The van der Waals surface area contributed by atoms with Gasteiger partial charge < -0.3 is 9.47 Å². The van der Waals surface area contributed by atoms with Gasteiger partial charge in [-0.2, -0.15) is 0 Å². The van der Waals surface area contributed by atoms with Gasteiger partial charge in [-0.25, -0.2) is 9.97 Å². The SMILES string of the molecule is BC(CCC)(CCC)c1c(C)nc(-c2cc(-c3ccc(OC)cc3)cc(-c3ccc(OC)cc3)c2)nc1C. The zero-order chi connectivity index (χ0) is 27.3. The second kappa shape index (κ2) is 11.9. The molecule has 0 saturated carbocycles. The second-order valence-electron chi connectivity index (χ2n) is 10.4. The zero-order valence-corrected chi connectivity index (χ0v) is 23.9. The number of hydrogen-bond donors (Lipinski definition) is 0. The smallest absolute Gasteiger partial charge is 0.159 e. The first kappa shape index (κ1) is 27.4. The summed E-state index contributed by atoms with van der Waals surface area (Å²) in [6.45, 7) is 8.82. The highest BCUT2D eigenvalue weighted by Gasteiger charge is 2.30. The maximum absolute atomic E-state index is 5.38. The number of benzene rings is 3. The van der Waals surface area contributed by atoms with E-state index >= 15 is 0 Å². The standard InChI is InChI=1S/C33H39BN2O2/c1-7-17-33(34,18-8-2)31-22(3)35-32(36-23(31)4)28-20-26(24-9-13-29(37-5)14-10-24)19-27(21-28)25-11-15-30(38-6)16-12-25/h9-16,19-21H,7-8,17-18,34H2,1-6H3. The van der Waals surface area contributed by atoms with Crippen LogP contribution in [0, 0.1) is 13.8 Å². The fourth-order valence-corrected chi connectivity index (χ4v) is 5.85. The molecule has 0 amide bonds. The number of aromatic nitrogens is 2. The van der Waals surface area contributed by atoms with Gasteiger partial charge in [0.2, 0.25) is 0 Å². The quantitative estimate of drug-likeness (QED) is 0.209. The van der Waals surface area contributed by atoms with Crippen molar-refractivity contribution in [3.63, 3.8) is 0 Å². The number of ether oxygens (including phenoxy) is 2. The van der Waals surface area contributed by atoms with Crippen molar-refractivity contribution in [2.24, 2.45) is 0 Å². The van der Waals surface area contributed by atoms with Gasteiger partial charge in [-0.05, 0) is 89.4 Å². The van der Waals surface area contributed by atoms with Crippen LogP contribution in [0.15, 0.2) is 66.7 Å². The fraction of sp³-hybridized carbons (Fsp3) is 0.333. The van der Waals surface area contributed by atoms with Crippen molar-refractivity contribution in [2.75, 3.05) is 14.2 Å². The normalized spacial score (nSPS) is 11.4. The van der Waals surface area contributed by atoms with E-state index in [-0.39, 0.29) is 5.31 Å². The molecule has 0 aliphatic heterocycles. The van der Waals surface area contributed by atoms with Crippen LogP contribution in [0.2, 0.25) is 0 Å². The number of aryl methyl sites for hydroxylation is 2. The third kappa shape index (κ3) is 5.77. The van der Waals surface area contributed by atoms with Gasteiger partial charge in [-0.15, -0.1) is 0 Å². The van der Waals surface area contributed by atoms with Gasteiger partial charge in [-0.3, -0.25) is 0 Å². The van der Waals surface area contributed by atoms with Crippen LogP contribution in [0.4, 0.5) is 0 Å². The van der Waals surface area contributed by atoms with Gasteiger partial charge in [0, 0.05) is 17.0 Å². The molecule has 1 heterocycles. The molecule has 3 aromatic carbocycles. The lowest BCUT2D eigenvalue weighted by molar-refractivity contribution is 0.415.